The maximum absolute atomic E-state index is 6.69. The van der Waals surface area contributed by atoms with Crippen molar-refractivity contribution in [1.29, 1.82) is 0 Å². The van der Waals surface area contributed by atoms with E-state index in [0.29, 0.717) is 0 Å². The van der Waals surface area contributed by atoms with Gasteiger partial charge >= 0.3 is 0 Å². The van der Waals surface area contributed by atoms with Crippen LogP contribution in [0.4, 0.5) is 0 Å². The molecule has 92 valence electrons. The molecular formula is C15H21NS. The van der Waals surface area contributed by atoms with Crippen molar-refractivity contribution in [1.82, 2.24) is 0 Å². The highest BCUT2D eigenvalue weighted by molar-refractivity contribution is 7.99. The van der Waals surface area contributed by atoms with E-state index in [2.05, 4.69) is 18.2 Å². The third kappa shape index (κ3) is 2.13. The Labute approximate surface area is 108 Å². The summed E-state index contributed by atoms with van der Waals surface area (Å²) in [6, 6.07) is 6.78. The topological polar surface area (TPSA) is 26.0 Å². The largest absolute Gasteiger partial charge is 0.321 e. The fraction of sp³-hybridized carbons (Fsp3) is 0.600. The van der Waals surface area contributed by atoms with Gasteiger partial charge in [0, 0.05) is 10.4 Å². The maximum atomic E-state index is 6.69. The number of aryl methyl sites for hydroxylation is 1. The minimum Gasteiger partial charge on any atom is -0.321 e. The Morgan fingerprint density at radius 3 is 2.71 bits per heavy atom. The van der Waals surface area contributed by atoms with E-state index in [1.165, 1.54) is 66.7 Å². The first-order chi connectivity index (χ1) is 8.30. The number of nitrogens with two attached hydrogens (primary N) is 1. The van der Waals surface area contributed by atoms with Crippen LogP contribution in [0.1, 0.15) is 49.7 Å². The van der Waals surface area contributed by atoms with Gasteiger partial charge in [-0.25, -0.2) is 0 Å². The number of rotatable bonds is 1. The number of fused-ring (bicyclic) bond motifs is 1. The molecule has 0 spiro atoms. The Balaban J connectivity index is 2.01. The van der Waals surface area contributed by atoms with Crippen LogP contribution in [0.3, 0.4) is 0 Å². The Morgan fingerprint density at radius 1 is 1.06 bits per heavy atom. The molecule has 1 saturated carbocycles. The van der Waals surface area contributed by atoms with Crippen LogP contribution >= 0.6 is 11.8 Å². The van der Waals surface area contributed by atoms with Gasteiger partial charge in [0.15, 0.2) is 0 Å². The molecule has 17 heavy (non-hydrogen) atoms. The SMILES string of the molecule is NC1(c2cccc3c2SCCC3)CCCCC1. The second kappa shape index (κ2) is 4.66. The average Bonchev–Trinajstić information content (AvgIpc) is 2.39. The highest BCUT2D eigenvalue weighted by atomic mass is 32.2. The van der Waals surface area contributed by atoms with E-state index in [1.54, 1.807) is 0 Å². The molecule has 2 N–H and O–H groups in total. The molecule has 1 heterocycles. The van der Waals surface area contributed by atoms with Crippen molar-refractivity contribution in [3.05, 3.63) is 29.3 Å². The molecule has 0 amide bonds. The van der Waals surface area contributed by atoms with Crippen molar-refractivity contribution in [2.75, 3.05) is 5.75 Å². The van der Waals surface area contributed by atoms with Gasteiger partial charge in [0.1, 0.15) is 0 Å². The van der Waals surface area contributed by atoms with Crippen LogP contribution in [0.15, 0.2) is 23.1 Å². The first-order valence-electron chi connectivity index (χ1n) is 6.84. The second-order valence-electron chi connectivity index (χ2n) is 5.46. The first kappa shape index (κ1) is 11.6. The Bertz CT molecular complexity index is 407. The fourth-order valence-corrected chi connectivity index (χ4v) is 4.51. The summed E-state index contributed by atoms with van der Waals surface area (Å²) in [4.78, 5) is 1.52. The molecule has 1 fully saturated rings. The van der Waals surface area contributed by atoms with Crippen molar-refractivity contribution in [3.63, 3.8) is 0 Å². The predicted molar refractivity (Wildman–Crippen MR) is 74.4 cm³/mol. The lowest BCUT2D eigenvalue weighted by atomic mass is 9.77. The van der Waals surface area contributed by atoms with Gasteiger partial charge in [0.05, 0.1) is 0 Å². The van der Waals surface area contributed by atoms with E-state index < -0.39 is 0 Å². The highest BCUT2D eigenvalue weighted by Gasteiger charge is 2.32. The Hall–Kier alpha value is -0.470. The molecule has 1 nitrogen and oxygen atoms in total. The molecule has 1 aromatic rings. The highest BCUT2D eigenvalue weighted by Crippen LogP contribution is 2.42. The van der Waals surface area contributed by atoms with Crippen LogP contribution in [-0.4, -0.2) is 5.75 Å². The van der Waals surface area contributed by atoms with E-state index in [-0.39, 0.29) is 5.54 Å². The number of benzene rings is 1. The van der Waals surface area contributed by atoms with E-state index in [1.807, 2.05) is 11.8 Å². The molecule has 0 bridgehead atoms. The first-order valence-corrected chi connectivity index (χ1v) is 7.82. The number of thioether (sulfide) groups is 1. The van der Waals surface area contributed by atoms with Crippen LogP contribution in [0.5, 0.6) is 0 Å². The summed E-state index contributed by atoms with van der Waals surface area (Å²) in [5, 5.41) is 0. The molecule has 0 aromatic heterocycles. The molecule has 1 aromatic carbocycles. The molecule has 3 rings (SSSR count). The standard InChI is InChI=1S/C15H21NS/c16-15(9-2-1-3-10-15)13-8-4-6-12-7-5-11-17-14(12)13/h4,6,8H,1-3,5,7,9-11,16H2. The lowest BCUT2D eigenvalue weighted by Crippen LogP contribution is -2.39. The quantitative estimate of drug-likeness (QED) is 0.816. The van der Waals surface area contributed by atoms with Crippen LogP contribution in [0.25, 0.3) is 0 Å². The lowest BCUT2D eigenvalue weighted by Gasteiger charge is -2.36. The van der Waals surface area contributed by atoms with Crippen LogP contribution < -0.4 is 5.73 Å². The summed E-state index contributed by atoms with van der Waals surface area (Å²) in [6.45, 7) is 0. The smallest absolute Gasteiger partial charge is 0.0420 e. The normalized spacial score (nSPS) is 23.1. The zero-order valence-corrected chi connectivity index (χ0v) is 11.2. The van der Waals surface area contributed by atoms with E-state index in [4.69, 9.17) is 5.73 Å². The van der Waals surface area contributed by atoms with Crippen molar-refractivity contribution >= 4 is 11.8 Å². The van der Waals surface area contributed by atoms with Gasteiger partial charge in [-0.05, 0) is 42.6 Å². The molecule has 2 aliphatic rings. The van der Waals surface area contributed by atoms with Crippen LogP contribution in [0.2, 0.25) is 0 Å². The van der Waals surface area contributed by atoms with Gasteiger partial charge in [-0.15, -0.1) is 11.8 Å². The molecule has 2 heteroatoms. The number of hydrogen-bond acceptors (Lipinski definition) is 2. The molecule has 1 aliphatic carbocycles. The zero-order chi connectivity index (χ0) is 11.7. The van der Waals surface area contributed by atoms with Gasteiger partial charge in [0.2, 0.25) is 0 Å². The molecule has 0 atom stereocenters. The molecule has 0 unspecified atom stereocenters. The monoisotopic (exact) mass is 247 g/mol. The van der Waals surface area contributed by atoms with Crippen molar-refractivity contribution in [2.24, 2.45) is 5.73 Å². The summed E-state index contributed by atoms with van der Waals surface area (Å²) in [7, 11) is 0. The summed E-state index contributed by atoms with van der Waals surface area (Å²) in [5.74, 6) is 1.26. The van der Waals surface area contributed by atoms with Gasteiger partial charge in [-0.2, -0.15) is 0 Å². The summed E-state index contributed by atoms with van der Waals surface area (Å²) < 4.78 is 0. The minimum atomic E-state index is -0.0338. The third-order valence-electron chi connectivity index (χ3n) is 4.22. The third-order valence-corrected chi connectivity index (χ3v) is 5.48. The second-order valence-corrected chi connectivity index (χ2v) is 6.57. The Kier molecular flexibility index (Phi) is 3.18. The van der Waals surface area contributed by atoms with Crippen LogP contribution in [0, 0.1) is 0 Å². The van der Waals surface area contributed by atoms with Gasteiger partial charge in [-0.1, -0.05) is 37.5 Å². The maximum Gasteiger partial charge on any atom is 0.0420 e. The van der Waals surface area contributed by atoms with Gasteiger partial charge in [-0.3, -0.25) is 0 Å². The van der Waals surface area contributed by atoms with Crippen molar-refractivity contribution in [2.45, 2.75) is 55.4 Å². The van der Waals surface area contributed by atoms with Crippen molar-refractivity contribution < 1.29 is 0 Å². The molecule has 0 saturated heterocycles. The molecule has 1 aliphatic heterocycles. The molecule has 0 radical (unpaired) electrons. The summed E-state index contributed by atoms with van der Waals surface area (Å²) in [5.41, 5.74) is 9.64. The minimum absolute atomic E-state index is 0.0338. The van der Waals surface area contributed by atoms with E-state index >= 15 is 0 Å². The summed E-state index contributed by atoms with van der Waals surface area (Å²) >= 11 is 2.03. The zero-order valence-electron chi connectivity index (χ0n) is 10.4. The van der Waals surface area contributed by atoms with Gasteiger partial charge < -0.3 is 5.73 Å². The van der Waals surface area contributed by atoms with Crippen molar-refractivity contribution in [3.8, 4) is 0 Å². The van der Waals surface area contributed by atoms with Gasteiger partial charge in [0.25, 0.3) is 0 Å². The van der Waals surface area contributed by atoms with E-state index in [0.717, 1.165) is 0 Å². The average molecular weight is 247 g/mol. The fourth-order valence-electron chi connectivity index (χ4n) is 3.23. The lowest BCUT2D eigenvalue weighted by molar-refractivity contribution is 0.297. The Morgan fingerprint density at radius 2 is 1.88 bits per heavy atom. The molecular weight excluding hydrogens is 226 g/mol. The predicted octanol–water partition coefficient (Wildman–Crippen LogP) is 3.84. The van der Waals surface area contributed by atoms with Crippen LogP contribution in [-0.2, 0) is 12.0 Å². The van der Waals surface area contributed by atoms with E-state index in [9.17, 15) is 0 Å². The summed E-state index contributed by atoms with van der Waals surface area (Å²) in [6.07, 6.45) is 8.86. The number of hydrogen-bond donors (Lipinski definition) is 1.